The Bertz CT molecular complexity index is 164. The first kappa shape index (κ1) is 6.16. The number of nitrogens with one attached hydrogen (secondary N) is 1. The smallest absolute Gasteiger partial charge is 0.192 e. The highest BCUT2D eigenvalue weighted by Gasteiger charge is 1.95. The van der Waals surface area contributed by atoms with Gasteiger partial charge >= 0.3 is 0 Å². The molecule has 0 fully saturated rings. The fourth-order valence-corrected chi connectivity index (χ4v) is 0.597. The molecule has 0 unspecified atom stereocenters. The van der Waals surface area contributed by atoms with Gasteiger partial charge in [-0.3, -0.25) is 0 Å². The fourth-order valence-electron chi connectivity index (χ4n) is 0.597. The Labute approximate surface area is 53.3 Å². The maximum absolute atomic E-state index is 8.52. The summed E-state index contributed by atoms with van der Waals surface area (Å²) in [4.78, 5) is 0. The normalized spacial score (nSPS) is 9.56. The fraction of sp³-hybridized carbons (Fsp3) is 0.333. The number of hydrogen-bond donors (Lipinski definition) is 2. The number of aliphatic hydroxyl groups is 1. The Morgan fingerprint density at radius 2 is 2.44 bits per heavy atom. The first-order valence-electron chi connectivity index (χ1n) is 2.74. The van der Waals surface area contributed by atoms with Crippen molar-refractivity contribution in [2.45, 2.75) is 6.61 Å². The van der Waals surface area contributed by atoms with Gasteiger partial charge in [0.1, 0.15) is 12.4 Å². The Hall–Kier alpha value is -0.960. The highest BCUT2D eigenvalue weighted by atomic mass is 16.4. The molecule has 0 amide bonds. The van der Waals surface area contributed by atoms with E-state index in [1.54, 1.807) is 19.2 Å². The summed E-state index contributed by atoms with van der Waals surface area (Å²) in [6.45, 7) is -0.0400. The zero-order chi connectivity index (χ0) is 6.69. The van der Waals surface area contributed by atoms with E-state index < -0.39 is 0 Å². The average molecular weight is 127 g/mol. The summed E-state index contributed by atoms with van der Waals surface area (Å²) in [5.41, 5.74) is 0. The number of furan rings is 1. The second-order valence-corrected chi connectivity index (χ2v) is 1.67. The second kappa shape index (κ2) is 2.55. The molecule has 1 heterocycles. The summed E-state index contributed by atoms with van der Waals surface area (Å²) in [7, 11) is 1.76. The summed E-state index contributed by atoms with van der Waals surface area (Å²) in [6, 6.07) is 3.50. The van der Waals surface area contributed by atoms with E-state index in [9.17, 15) is 0 Å². The topological polar surface area (TPSA) is 45.4 Å². The molecule has 0 saturated heterocycles. The van der Waals surface area contributed by atoms with E-state index in [1.807, 2.05) is 0 Å². The molecule has 0 bridgehead atoms. The molecule has 0 aliphatic carbocycles. The summed E-state index contributed by atoms with van der Waals surface area (Å²) >= 11 is 0. The first-order valence-corrected chi connectivity index (χ1v) is 2.74. The van der Waals surface area contributed by atoms with Crippen LogP contribution in [0.5, 0.6) is 0 Å². The molecule has 0 aliphatic rings. The lowest BCUT2D eigenvalue weighted by Gasteiger charge is -1.89. The van der Waals surface area contributed by atoms with E-state index in [-0.39, 0.29) is 6.61 Å². The monoisotopic (exact) mass is 127 g/mol. The average Bonchev–Trinajstić information content (AvgIpc) is 2.34. The SMILES string of the molecule is CNc1ccc(CO)o1. The quantitative estimate of drug-likeness (QED) is 0.618. The molecule has 9 heavy (non-hydrogen) atoms. The van der Waals surface area contributed by atoms with Crippen LogP contribution in [0, 0.1) is 0 Å². The van der Waals surface area contributed by atoms with Crippen molar-refractivity contribution in [3.63, 3.8) is 0 Å². The van der Waals surface area contributed by atoms with E-state index in [1.165, 1.54) is 0 Å². The van der Waals surface area contributed by atoms with Crippen LogP contribution in [-0.4, -0.2) is 12.2 Å². The molecule has 1 aromatic heterocycles. The van der Waals surface area contributed by atoms with Crippen molar-refractivity contribution in [3.05, 3.63) is 17.9 Å². The maximum atomic E-state index is 8.52. The maximum Gasteiger partial charge on any atom is 0.192 e. The van der Waals surface area contributed by atoms with E-state index >= 15 is 0 Å². The van der Waals surface area contributed by atoms with E-state index in [0.29, 0.717) is 11.6 Å². The third kappa shape index (κ3) is 1.23. The van der Waals surface area contributed by atoms with Crippen LogP contribution in [0.4, 0.5) is 5.88 Å². The van der Waals surface area contributed by atoms with Crippen LogP contribution < -0.4 is 5.32 Å². The number of rotatable bonds is 2. The Morgan fingerprint density at radius 1 is 1.67 bits per heavy atom. The van der Waals surface area contributed by atoms with Crippen molar-refractivity contribution in [3.8, 4) is 0 Å². The molecular formula is C6H9NO2. The molecule has 1 aromatic rings. The van der Waals surface area contributed by atoms with Gasteiger partial charge < -0.3 is 14.8 Å². The summed E-state index contributed by atoms with van der Waals surface area (Å²) in [6.07, 6.45) is 0. The molecular weight excluding hydrogens is 118 g/mol. The highest BCUT2D eigenvalue weighted by Crippen LogP contribution is 2.11. The standard InChI is InChI=1S/C6H9NO2/c1-7-6-3-2-5(4-8)9-6/h2-3,7-8H,4H2,1H3. The molecule has 0 saturated carbocycles. The molecule has 0 spiro atoms. The highest BCUT2D eigenvalue weighted by molar-refractivity contribution is 5.30. The van der Waals surface area contributed by atoms with E-state index in [2.05, 4.69) is 5.32 Å². The predicted molar refractivity (Wildman–Crippen MR) is 34.2 cm³/mol. The van der Waals surface area contributed by atoms with Crippen LogP contribution in [0.3, 0.4) is 0 Å². The van der Waals surface area contributed by atoms with Gasteiger partial charge in [-0.15, -0.1) is 0 Å². The predicted octanol–water partition coefficient (Wildman–Crippen LogP) is 0.814. The molecule has 3 heteroatoms. The van der Waals surface area contributed by atoms with Crippen molar-refractivity contribution in [1.29, 1.82) is 0 Å². The Balaban J connectivity index is 2.74. The number of aliphatic hydroxyl groups excluding tert-OH is 1. The zero-order valence-electron chi connectivity index (χ0n) is 5.22. The molecule has 2 N–H and O–H groups in total. The van der Waals surface area contributed by atoms with Gasteiger partial charge in [0.05, 0.1) is 0 Å². The van der Waals surface area contributed by atoms with Gasteiger partial charge in [0.2, 0.25) is 0 Å². The molecule has 50 valence electrons. The van der Waals surface area contributed by atoms with E-state index in [4.69, 9.17) is 9.52 Å². The van der Waals surface area contributed by atoms with Crippen molar-refractivity contribution in [2.75, 3.05) is 12.4 Å². The molecule has 0 aliphatic heterocycles. The van der Waals surface area contributed by atoms with Crippen molar-refractivity contribution >= 4 is 5.88 Å². The van der Waals surface area contributed by atoms with Crippen LogP contribution in [0.25, 0.3) is 0 Å². The van der Waals surface area contributed by atoms with Crippen LogP contribution in [0.1, 0.15) is 5.76 Å². The van der Waals surface area contributed by atoms with Crippen LogP contribution >= 0.6 is 0 Å². The lowest BCUT2D eigenvalue weighted by molar-refractivity contribution is 0.249. The van der Waals surface area contributed by atoms with Gasteiger partial charge in [-0.25, -0.2) is 0 Å². The number of anilines is 1. The molecule has 0 radical (unpaired) electrons. The summed E-state index contributed by atoms with van der Waals surface area (Å²) < 4.78 is 5.02. The van der Waals surface area contributed by atoms with Gasteiger partial charge in [0, 0.05) is 13.1 Å². The Morgan fingerprint density at radius 3 is 2.78 bits per heavy atom. The zero-order valence-corrected chi connectivity index (χ0v) is 5.22. The van der Waals surface area contributed by atoms with Crippen molar-refractivity contribution < 1.29 is 9.52 Å². The largest absolute Gasteiger partial charge is 0.443 e. The third-order valence-corrected chi connectivity index (χ3v) is 1.06. The van der Waals surface area contributed by atoms with Crippen molar-refractivity contribution in [2.24, 2.45) is 0 Å². The minimum Gasteiger partial charge on any atom is -0.443 e. The first-order chi connectivity index (χ1) is 4.36. The molecule has 0 aromatic carbocycles. The van der Waals surface area contributed by atoms with Gasteiger partial charge in [-0.2, -0.15) is 0 Å². The van der Waals surface area contributed by atoms with Gasteiger partial charge in [0.15, 0.2) is 5.88 Å². The van der Waals surface area contributed by atoms with Crippen molar-refractivity contribution in [1.82, 2.24) is 0 Å². The lowest BCUT2D eigenvalue weighted by Crippen LogP contribution is -1.82. The number of hydrogen-bond acceptors (Lipinski definition) is 3. The van der Waals surface area contributed by atoms with E-state index in [0.717, 1.165) is 0 Å². The second-order valence-electron chi connectivity index (χ2n) is 1.67. The minimum absolute atomic E-state index is 0.0400. The van der Waals surface area contributed by atoms with Gasteiger partial charge in [0.25, 0.3) is 0 Å². The molecule has 0 atom stereocenters. The molecule has 1 rings (SSSR count). The summed E-state index contributed by atoms with van der Waals surface area (Å²) in [5.74, 6) is 1.26. The van der Waals surface area contributed by atoms with Crippen LogP contribution in [-0.2, 0) is 6.61 Å². The minimum atomic E-state index is -0.0400. The van der Waals surface area contributed by atoms with Gasteiger partial charge in [-0.1, -0.05) is 0 Å². The van der Waals surface area contributed by atoms with Crippen LogP contribution in [0.15, 0.2) is 16.5 Å². The lowest BCUT2D eigenvalue weighted by atomic mass is 10.5. The molecule has 3 nitrogen and oxygen atoms in total. The summed E-state index contributed by atoms with van der Waals surface area (Å²) in [5, 5.41) is 11.3. The van der Waals surface area contributed by atoms with Crippen LogP contribution in [0.2, 0.25) is 0 Å². The third-order valence-electron chi connectivity index (χ3n) is 1.06. The Kier molecular flexibility index (Phi) is 1.75. The van der Waals surface area contributed by atoms with Gasteiger partial charge in [-0.05, 0) is 6.07 Å².